The molecule has 8 heteroatoms. The van der Waals surface area contributed by atoms with Crippen molar-refractivity contribution < 1.29 is 14.1 Å². The molecule has 5 rings (SSSR count). The van der Waals surface area contributed by atoms with Gasteiger partial charge in [0.2, 0.25) is 6.23 Å². The summed E-state index contributed by atoms with van der Waals surface area (Å²) in [6.07, 6.45) is 1.75. The lowest BCUT2D eigenvalue weighted by Crippen LogP contribution is -2.33. The van der Waals surface area contributed by atoms with Crippen molar-refractivity contribution in [1.82, 2.24) is 5.01 Å². The minimum Gasteiger partial charge on any atom is -0.464 e. The van der Waals surface area contributed by atoms with E-state index in [9.17, 15) is 10.1 Å². The topological polar surface area (TPSA) is 81.1 Å². The predicted octanol–water partition coefficient (Wildman–Crippen LogP) is 5.08. The second kappa shape index (κ2) is 6.38. The van der Waals surface area contributed by atoms with Gasteiger partial charge in [0.1, 0.15) is 17.2 Å². The number of nitro benzene ring substituents is 1. The molecule has 140 valence electrons. The lowest BCUT2D eigenvalue weighted by atomic mass is 9.97. The molecule has 0 fully saturated rings. The van der Waals surface area contributed by atoms with Crippen molar-refractivity contribution in [3.63, 3.8) is 0 Å². The number of non-ortho nitro benzene ring substituents is 1. The van der Waals surface area contributed by atoms with E-state index < -0.39 is 11.2 Å². The van der Waals surface area contributed by atoms with Crippen LogP contribution in [0.4, 0.5) is 5.69 Å². The van der Waals surface area contributed by atoms with Crippen LogP contribution >= 0.6 is 11.6 Å². The van der Waals surface area contributed by atoms with E-state index in [0.29, 0.717) is 17.2 Å². The molecule has 1 aromatic heterocycles. The zero-order valence-corrected chi connectivity index (χ0v) is 15.2. The largest absolute Gasteiger partial charge is 0.464 e. The van der Waals surface area contributed by atoms with Gasteiger partial charge in [-0.15, -0.1) is 0 Å². The number of fused-ring (bicyclic) bond motifs is 3. The standard InChI is InChI=1S/C20H14ClN3O4/c21-13-5-8-18-15(10-13)17-11-16(19-2-1-9-27-19)22-23(17)20(28-18)12-3-6-14(7-4-12)24(25)26/h1-10,17,20H,11H2/t17-,20-/m0/s1. The van der Waals surface area contributed by atoms with E-state index in [0.717, 1.165) is 22.6 Å². The van der Waals surface area contributed by atoms with Gasteiger partial charge >= 0.3 is 0 Å². The van der Waals surface area contributed by atoms with Crippen LogP contribution in [0.25, 0.3) is 0 Å². The van der Waals surface area contributed by atoms with Crippen LogP contribution in [-0.2, 0) is 0 Å². The average Bonchev–Trinajstić information content (AvgIpc) is 3.37. The fourth-order valence-electron chi connectivity index (χ4n) is 3.63. The number of hydrogen-bond donors (Lipinski definition) is 0. The molecule has 0 unspecified atom stereocenters. The monoisotopic (exact) mass is 395 g/mol. The number of nitro groups is 1. The van der Waals surface area contributed by atoms with Crippen LogP contribution in [0.3, 0.4) is 0 Å². The lowest BCUT2D eigenvalue weighted by Gasteiger charge is -2.38. The fraction of sp³-hybridized carbons (Fsp3) is 0.150. The van der Waals surface area contributed by atoms with Gasteiger partial charge in [-0.3, -0.25) is 10.1 Å². The van der Waals surface area contributed by atoms with Crippen LogP contribution in [0, 0.1) is 10.1 Å². The summed E-state index contributed by atoms with van der Waals surface area (Å²) in [4.78, 5) is 10.5. The highest BCUT2D eigenvalue weighted by atomic mass is 35.5. The number of rotatable bonds is 3. The van der Waals surface area contributed by atoms with Crippen LogP contribution in [0.15, 0.2) is 70.4 Å². The quantitative estimate of drug-likeness (QED) is 0.456. The van der Waals surface area contributed by atoms with Gasteiger partial charge < -0.3 is 9.15 Å². The molecule has 0 saturated carbocycles. The Balaban J connectivity index is 1.58. The number of benzene rings is 2. The van der Waals surface area contributed by atoms with Crippen molar-refractivity contribution in [1.29, 1.82) is 0 Å². The maximum atomic E-state index is 11.0. The van der Waals surface area contributed by atoms with Crippen LogP contribution in [0.1, 0.15) is 35.6 Å². The first-order valence-corrected chi connectivity index (χ1v) is 9.08. The lowest BCUT2D eigenvalue weighted by molar-refractivity contribution is -0.384. The van der Waals surface area contributed by atoms with E-state index in [1.165, 1.54) is 12.1 Å². The van der Waals surface area contributed by atoms with E-state index in [4.69, 9.17) is 25.9 Å². The third kappa shape index (κ3) is 2.71. The second-order valence-electron chi connectivity index (χ2n) is 6.62. The first kappa shape index (κ1) is 16.8. The third-order valence-electron chi connectivity index (χ3n) is 4.95. The molecule has 2 aromatic carbocycles. The number of ether oxygens (including phenoxy) is 1. The molecule has 2 atom stereocenters. The van der Waals surface area contributed by atoms with Gasteiger partial charge in [0.05, 0.1) is 17.2 Å². The predicted molar refractivity (Wildman–Crippen MR) is 102 cm³/mol. The average molecular weight is 396 g/mol. The van der Waals surface area contributed by atoms with Crippen LogP contribution in [0.2, 0.25) is 5.02 Å². The van der Waals surface area contributed by atoms with Gasteiger partial charge in [-0.1, -0.05) is 11.6 Å². The van der Waals surface area contributed by atoms with Crippen LogP contribution in [0.5, 0.6) is 5.75 Å². The molecule has 0 N–H and O–H groups in total. The minimum absolute atomic E-state index is 0.0319. The van der Waals surface area contributed by atoms with Crippen molar-refractivity contribution in [2.45, 2.75) is 18.7 Å². The van der Waals surface area contributed by atoms with E-state index in [1.54, 1.807) is 24.5 Å². The Morgan fingerprint density at radius 2 is 2.00 bits per heavy atom. The van der Waals surface area contributed by atoms with Crippen LogP contribution < -0.4 is 4.74 Å². The van der Waals surface area contributed by atoms with E-state index >= 15 is 0 Å². The fourth-order valence-corrected chi connectivity index (χ4v) is 3.81. The molecule has 0 spiro atoms. The Morgan fingerprint density at radius 3 is 2.71 bits per heavy atom. The molecule has 3 aromatic rings. The van der Waals surface area contributed by atoms with Crippen molar-refractivity contribution in [3.05, 3.63) is 92.9 Å². The summed E-state index contributed by atoms with van der Waals surface area (Å²) >= 11 is 6.21. The number of hydrogen-bond acceptors (Lipinski definition) is 6. The van der Waals surface area contributed by atoms with Crippen molar-refractivity contribution in [3.8, 4) is 5.75 Å². The second-order valence-corrected chi connectivity index (χ2v) is 7.06. The molecule has 7 nitrogen and oxygen atoms in total. The van der Waals surface area contributed by atoms with Gasteiger partial charge in [-0.05, 0) is 42.5 Å². The van der Waals surface area contributed by atoms with Gasteiger partial charge in [-0.2, -0.15) is 5.10 Å². The summed E-state index contributed by atoms with van der Waals surface area (Å²) in [6.45, 7) is 0. The highest BCUT2D eigenvalue weighted by Crippen LogP contribution is 2.48. The maximum Gasteiger partial charge on any atom is 0.269 e. The van der Waals surface area contributed by atoms with Crippen molar-refractivity contribution in [2.24, 2.45) is 5.10 Å². The Hall–Kier alpha value is -3.32. The number of halogens is 1. The molecule has 2 aliphatic rings. The molecule has 28 heavy (non-hydrogen) atoms. The molecule has 0 bridgehead atoms. The smallest absolute Gasteiger partial charge is 0.269 e. The molecule has 0 amide bonds. The molecule has 3 heterocycles. The number of nitrogens with zero attached hydrogens (tertiary/aromatic N) is 3. The summed E-state index contributed by atoms with van der Waals surface area (Å²) in [7, 11) is 0. The maximum absolute atomic E-state index is 11.0. The minimum atomic E-state index is -0.507. The molecular formula is C20H14ClN3O4. The van der Waals surface area contributed by atoms with Gasteiger partial charge in [-0.25, -0.2) is 5.01 Å². The Kier molecular flexibility index (Phi) is 3.84. The number of hydrazone groups is 1. The van der Waals surface area contributed by atoms with E-state index in [2.05, 4.69) is 0 Å². The summed E-state index contributed by atoms with van der Waals surface area (Å²) in [5.74, 6) is 1.44. The Morgan fingerprint density at radius 1 is 1.18 bits per heavy atom. The van der Waals surface area contributed by atoms with Crippen molar-refractivity contribution >= 4 is 23.0 Å². The zero-order valence-electron chi connectivity index (χ0n) is 14.5. The number of furan rings is 1. The zero-order chi connectivity index (χ0) is 19.3. The molecular weight excluding hydrogens is 382 g/mol. The first-order valence-electron chi connectivity index (χ1n) is 8.70. The summed E-state index contributed by atoms with van der Waals surface area (Å²) < 4.78 is 11.7. The summed E-state index contributed by atoms with van der Waals surface area (Å²) in [6, 6.07) is 15.5. The Bertz CT molecular complexity index is 1080. The Labute approximate surface area is 164 Å². The van der Waals surface area contributed by atoms with Gasteiger partial charge in [0, 0.05) is 34.7 Å². The molecule has 2 aliphatic heterocycles. The third-order valence-corrected chi connectivity index (χ3v) is 5.18. The highest BCUT2D eigenvalue weighted by Gasteiger charge is 2.41. The SMILES string of the molecule is O=[N+]([O-])c1ccc([C@@H]2Oc3ccc(Cl)cc3[C@@H]3CC(c4ccco4)=NN32)cc1. The molecule has 0 saturated heterocycles. The van der Waals surface area contributed by atoms with Gasteiger partial charge in [0.15, 0.2) is 0 Å². The summed E-state index contributed by atoms with van der Waals surface area (Å²) in [5.41, 5.74) is 2.58. The summed E-state index contributed by atoms with van der Waals surface area (Å²) in [5, 5.41) is 18.2. The van der Waals surface area contributed by atoms with E-state index in [-0.39, 0.29) is 11.7 Å². The molecule has 0 radical (unpaired) electrons. The highest BCUT2D eigenvalue weighted by molar-refractivity contribution is 6.30. The van der Waals surface area contributed by atoms with Crippen molar-refractivity contribution in [2.75, 3.05) is 0 Å². The van der Waals surface area contributed by atoms with Gasteiger partial charge in [0.25, 0.3) is 5.69 Å². The van der Waals surface area contributed by atoms with E-state index in [1.807, 2.05) is 29.3 Å². The van der Waals surface area contributed by atoms with Crippen LogP contribution in [-0.4, -0.2) is 15.6 Å². The molecule has 0 aliphatic carbocycles. The normalized spacial score (nSPS) is 20.2. The first-order chi connectivity index (χ1) is 13.6.